The first-order valence-electron chi connectivity index (χ1n) is 7.31. The van der Waals surface area contributed by atoms with Crippen molar-refractivity contribution in [3.8, 4) is 0 Å². The van der Waals surface area contributed by atoms with Gasteiger partial charge < -0.3 is 10.2 Å². The molecule has 2 unspecified atom stereocenters. The number of carbonyl (C=O) groups is 1. The molecule has 0 bridgehead atoms. The van der Waals surface area contributed by atoms with Gasteiger partial charge >= 0.3 is 0 Å². The minimum atomic E-state index is 0.257. The van der Waals surface area contributed by atoms with E-state index < -0.39 is 0 Å². The van der Waals surface area contributed by atoms with Crippen molar-refractivity contribution in [2.45, 2.75) is 19.0 Å². The molecular weight excluding hydrogens is 252 g/mol. The first kappa shape index (κ1) is 13.5. The van der Waals surface area contributed by atoms with E-state index in [1.807, 2.05) is 25.4 Å². The second kappa shape index (κ2) is 5.89. The molecule has 2 atom stereocenters. The number of aromatic nitrogens is 1. The number of nitrogens with zero attached hydrogens (tertiary/aromatic N) is 3. The van der Waals surface area contributed by atoms with E-state index in [4.69, 9.17) is 0 Å². The van der Waals surface area contributed by atoms with Gasteiger partial charge in [-0.3, -0.25) is 14.7 Å². The molecule has 2 aliphatic rings. The summed E-state index contributed by atoms with van der Waals surface area (Å²) in [7, 11) is 1.99. The van der Waals surface area contributed by atoms with Crippen LogP contribution in [0.1, 0.15) is 12.0 Å². The number of likely N-dealkylation sites (N-methyl/N-ethyl adjacent to an activating group) is 1. The topological polar surface area (TPSA) is 48.5 Å². The zero-order chi connectivity index (χ0) is 13.9. The van der Waals surface area contributed by atoms with Gasteiger partial charge in [-0.2, -0.15) is 0 Å². The Kier molecular flexibility index (Phi) is 3.98. The lowest BCUT2D eigenvalue weighted by Gasteiger charge is -2.26. The van der Waals surface area contributed by atoms with Crippen molar-refractivity contribution in [1.29, 1.82) is 0 Å². The van der Waals surface area contributed by atoms with Crippen LogP contribution in [0.2, 0.25) is 0 Å². The summed E-state index contributed by atoms with van der Waals surface area (Å²) in [5, 5.41) is 3.39. The molecule has 0 saturated carbocycles. The molecule has 2 aliphatic heterocycles. The van der Waals surface area contributed by atoms with Crippen LogP contribution in [0, 0.1) is 5.92 Å². The Balaban J connectivity index is 1.53. The standard InChI is InChI=1S/C15H22N4O/c1-18(10-12-3-2-5-16-7-12)11-15(20)19-6-4-13-8-17-9-14(13)19/h2-3,5,7,13-14,17H,4,6,8-11H2,1H3. The van der Waals surface area contributed by atoms with E-state index >= 15 is 0 Å². The number of carbonyl (C=O) groups excluding carboxylic acids is 1. The van der Waals surface area contributed by atoms with E-state index in [0.29, 0.717) is 18.5 Å². The maximum Gasteiger partial charge on any atom is 0.237 e. The van der Waals surface area contributed by atoms with E-state index in [9.17, 15) is 4.79 Å². The molecule has 5 nitrogen and oxygen atoms in total. The van der Waals surface area contributed by atoms with E-state index in [0.717, 1.165) is 38.2 Å². The Bertz CT molecular complexity index is 464. The van der Waals surface area contributed by atoms with Gasteiger partial charge in [0.2, 0.25) is 5.91 Å². The summed E-state index contributed by atoms with van der Waals surface area (Å²) in [6.45, 7) is 4.21. The maximum atomic E-state index is 12.4. The number of nitrogens with one attached hydrogen (secondary N) is 1. The van der Waals surface area contributed by atoms with Crippen molar-refractivity contribution in [3.05, 3.63) is 30.1 Å². The van der Waals surface area contributed by atoms with Crippen LogP contribution in [0.25, 0.3) is 0 Å². The smallest absolute Gasteiger partial charge is 0.237 e. The largest absolute Gasteiger partial charge is 0.337 e. The van der Waals surface area contributed by atoms with Crippen LogP contribution >= 0.6 is 0 Å². The monoisotopic (exact) mass is 274 g/mol. The van der Waals surface area contributed by atoms with Crippen molar-refractivity contribution in [3.63, 3.8) is 0 Å². The molecule has 0 aromatic carbocycles. The highest BCUT2D eigenvalue weighted by molar-refractivity contribution is 5.79. The van der Waals surface area contributed by atoms with Crippen LogP contribution in [0.5, 0.6) is 0 Å². The lowest BCUT2D eigenvalue weighted by molar-refractivity contribution is -0.133. The number of pyridine rings is 1. The summed E-state index contributed by atoms with van der Waals surface area (Å²) >= 11 is 0. The second-order valence-corrected chi connectivity index (χ2v) is 5.90. The molecule has 108 valence electrons. The number of hydrogen-bond donors (Lipinski definition) is 1. The third kappa shape index (κ3) is 2.83. The Morgan fingerprint density at radius 2 is 2.45 bits per heavy atom. The highest BCUT2D eigenvalue weighted by Gasteiger charge is 2.39. The van der Waals surface area contributed by atoms with Crippen molar-refractivity contribution >= 4 is 5.91 Å². The van der Waals surface area contributed by atoms with E-state index in [2.05, 4.69) is 20.1 Å². The highest BCUT2D eigenvalue weighted by atomic mass is 16.2. The number of likely N-dealkylation sites (tertiary alicyclic amines) is 1. The average Bonchev–Trinajstić information content (AvgIpc) is 3.01. The molecule has 2 saturated heterocycles. The molecular formula is C15H22N4O. The molecule has 0 spiro atoms. The zero-order valence-corrected chi connectivity index (χ0v) is 12.0. The van der Waals surface area contributed by atoms with Crippen LogP contribution < -0.4 is 5.32 Å². The maximum absolute atomic E-state index is 12.4. The SMILES string of the molecule is CN(CC(=O)N1CCC2CNCC21)Cc1cccnc1. The molecule has 0 radical (unpaired) electrons. The van der Waals surface area contributed by atoms with Gasteiger partial charge in [0.25, 0.3) is 0 Å². The second-order valence-electron chi connectivity index (χ2n) is 5.90. The summed E-state index contributed by atoms with van der Waals surface area (Å²) in [5.41, 5.74) is 1.14. The first-order valence-corrected chi connectivity index (χ1v) is 7.31. The average molecular weight is 274 g/mol. The van der Waals surface area contributed by atoms with Gasteiger partial charge in [-0.25, -0.2) is 0 Å². The molecule has 2 fully saturated rings. The molecule has 5 heteroatoms. The molecule has 20 heavy (non-hydrogen) atoms. The van der Waals surface area contributed by atoms with E-state index in [1.165, 1.54) is 0 Å². The Morgan fingerprint density at radius 1 is 1.55 bits per heavy atom. The number of fused-ring (bicyclic) bond motifs is 1. The van der Waals surface area contributed by atoms with Crippen molar-refractivity contribution in [2.75, 3.05) is 33.2 Å². The van der Waals surface area contributed by atoms with Crippen molar-refractivity contribution in [2.24, 2.45) is 5.92 Å². The molecule has 0 aliphatic carbocycles. The third-order valence-corrected chi connectivity index (χ3v) is 4.35. The highest BCUT2D eigenvalue weighted by Crippen LogP contribution is 2.27. The van der Waals surface area contributed by atoms with Gasteiger partial charge in [0.1, 0.15) is 0 Å². The summed E-state index contributed by atoms with van der Waals surface area (Å²) < 4.78 is 0. The molecule has 1 aromatic rings. The fourth-order valence-corrected chi connectivity index (χ4v) is 3.34. The number of amides is 1. The van der Waals surface area contributed by atoms with Crippen LogP contribution in [-0.2, 0) is 11.3 Å². The minimum absolute atomic E-state index is 0.257. The predicted molar refractivity (Wildman–Crippen MR) is 77.0 cm³/mol. The quantitative estimate of drug-likeness (QED) is 0.860. The summed E-state index contributed by atoms with van der Waals surface area (Å²) in [6.07, 6.45) is 4.77. The fourth-order valence-electron chi connectivity index (χ4n) is 3.34. The van der Waals surface area contributed by atoms with Crippen LogP contribution in [-0.4, -0.2) is 60.0 Å². The van der Waals surface area contributed by atoms with E-state index in [1.54, 1.807) is 6.20 Å². The summed E-state index contributed by atoms with van der Waals surface area (Å²) in [4.78, 5) is 20.7. The summed E-state index contributed by atoms with van der Waals surface area (Å²) in [6, 6.07) is 4.40. The third-order valence-electron chi connectivity index (χ3n) is 4.35. The number of hydrogen-bond acceptors (Lipinski definition) is 4. The van der Waals surface area contributed by atoms with Gasteiger partial charge in [0.15, 0.2) is 0 Å². The summed E-state index contributed by atoms with van der Waals surface area (Å²) in [5.74, 6) is 0.926. The normalized spacial score (nSPS) is 25.2. The Morgan fingerprint density at radius 3 is 3.25 bits per heavy atom. The Labute approximate surface area is 120 Å². The predicted octanol–water partition coefficient (Wildman–Crippen LogP) is 0.334. The zero-order valence-electron chi connectivity index (χ0n) is 12.0. The molecule has 1 amide bonds. The van der Waals surface area contributed by atoms with Crippen molar-refractivity contribution in [1.82, 2.24) is 20.1 Å². The van der Waals surface area contributed by atoms with E-state index in [-0.39, 0.29) is 5.91 Å². The Hall–Kier alpha value is -1.46. The van der Waals surface area contributed by atoms with Gasteiger partial charge in [-0.1, -0.05) is 6.07 Å². The van der Waals surface area contributed by atoms with Crippen LogP contribution in [0.4, 0.5) is 0 Å². The molecule has 1 N–H and O–H groups in total. The number of rotatable bonds is 4. The van der Waals surface area contributed by atoms with Gasteiger partial charge in [0, 0.05) is 44.6 Å². The molecule has 3 rings (SSSR count). The van der Waals surface area contributed by atoms with Crippen LogP contribution in [0.3, 0.4) is 0 Å². The lowest BCUT2D eigenvalue weighted by atomic mass is 10.1. The fraction of sp³-hybridized carbons (Fsp3) is 0.600. The van der Waals surface area contributed by atoms with Crippen molar-refractivity contribution < 1.29 is 4.79 Å². The molecule has 1 aromatic heterocycles. The van der Waals surface area contributed by atoms with Gasteiger partial charge in [-0.15, -0.1) is 0 Å². The minimum Gasteiger partial charge on any atom is -0.337 e. The lowest BCUT2D eigenvalue weighted by Crippen LogP contribution is -2.43. The van der Waals surface area contributed by atoms with Gasteiger partial charge in [0.05, 0.1) is 6.54 Å². The first-order chi connectivity index (χ1) is 9.74. The van der Waals surface area contributed by atoms with Crippen LogP contribution in [0.15, 0.2) is 24.5 Å². The van der Waals surface area contributed by atoms with Gasteiger partial charge in [-0.05, 0) is 31.0 Å². The molecule has 3 heterocycles.